The fraction of sp³-hybridized carbons (Fsp3) is 0.538. The van der Waals surface area contributed by atoms with Gasteiger partial charge in [-0.05, 0) is 30.9 Å². The Kier molecular flexibility index (Phi) is 2.39. The Balaban J connectivity index is 1.96. The molecule has 3 nitrogen and oxygen atoms in total. The molecule has 2 aliphatic rings. The second-order valence-electron chi connectivity index (χ2n) is 4.71. The first kappa shape index (κ1) is 9.82. The van der Waals surface area contributed by atoms with E-state index in [1.165, 1.54) is 24.9 Å². The lowest BCUT2D eigenvalue weighted by atomic mass is 10.0. The monoisotopic (exact) mass is 218 g/mol. The molecule has 0 bridgehead atoms. The van der Waals surface area contributed by atoms with Gasteiger partial charge in [0.15, 0.2) is 0 Å². The maximum Gasteiger partial charge on any atom is 0.144 e. The van der Waals surface area contributed by atoms with E-state index in [0.29, 0.717) is 6.04 Å². The molecule has 1 fully saturated rings. The molecule has 2 unspecified atom stereocenters. The van der Waals surface area contributed by atoms with Crippen LogP contribution in [0.5, 0.6) is 5.75 Å². The first-order valence-corrected chi connectivity index (χ1v) is 6.06. The first-order chi connectivity index (χ1) is 7.88. The van der Waals surface area contributed by atoms with Gasteiger partial charge in [-0.1, -0.05) is 12.5 Å². The summed E-state index contributed by atoms with van der Waals surface area (Å²) in [4.78, 5) is 0. The third kappa shape index (κ3) is 1.51. The van der Waals surface area contributed by atoms with Crippen LogP contribution < -0.4 is 15.4 Å². The van der Waals surface area contributed by atoms with E-state index in [9.17, 15) is 0 Å². The molecule has 0 amide bonds. The van der Waals surface area contributed by atoms with Crippen molar-refractivity contribution in [3.63, 3.8) is 0 Å². The molecule has 1 aromatic rings. The predicted molar refractivity (Wildman–Crippen MR) is 66.2 cm³/mol. The summed E-state index contributed by atoms with van der Waals surface area (Å²) in [7, 11) is 1.73. The Morgan fingerprint density at radius 3 is 3.12 bits per heavy atom. The van der Waals surface area contributed by atoms with Gasteiger partial charge in [0.1, 0.15) is 11.4 Å². The van der Waals surface area contributed by atoms with E-state index in [0.717, 1.165) is 23.9 Å². The summed E-state index contributed by atoms with van der Waals surface area (Å²) in [6.07, 6.45) is 3.98. The maximum atomic E-state index is 5.39. The largest absolute Gasteiger partial charge is 0.495 e. The summed E-state index contributed by atoms with van der Waals surface area (Å²) in [6, 6.07) is 6.82. The van der Waals surface area contributed by atoms with Gasteiger partial charge in [-0.3, -0.25) is 0 Å². The number of nitrogens with one attached hydrogen (secondary N) is 2. The molecular formula is C13H18N2O. The van der Waals surface area contributed by atoms with Crippen LogP contribution in [0.2, 0.25) is 0 Å². The summed E-state index contributed by atoms with van der Waals surface area (Å²) < 4.78 is 5.39. The zero-order valence-corrected chi connectivity index (χ0v) is 9.62. The van der Waals surface area contributed by atoms with E-state index < -0.39 is 0 Å². The average Bonchev–Trinajstić information content (AvgIpc) is 2.67. The van der Waals surface area contributed by atoms with Crippen LogP contribution in [0, 0.1) is 5.92 Å². The van der Waals surface area contributed by atoms with E-state index >= 15 is 0 Å². The zero-order chi connectivity index (χ0) is 11.0. The number of hydrogen-bond acceptors (Lipinski definition) is 3. The Morgan fingerprint density at radius 1 is 1.31 bits per heavy atom. The van der Waals surface area contributed by atoms with Gasteiger partial charge in [-0.15, -0.1) is 0 Å². The van der Waals surface area contributed by atoms with Crippen LogP contribution in [0.25, 0.3) is 0 Å². The minimum absolute atomic E-state index is 0.640. The Labute approximate surface area is 96.2 Å². The lowest BCUT2D eigenvalue weighted by molar-refractivity contribution is 0.416. The number of para-hydroxylation sites is 1. The van der Waals surface area contributed by atoms with Crippen LogP contribution in [0.1, 0.15) is 19.3 Å². The van der Waals surface area contributed by atoms with E-state index in [1.807, 2.05) is 12.1 Å². The van der Waals surface area contributed by atoms with E-state index in [2.05, 4.69) is 16.7 Å². The number of anilines is 2. The molecule has 1 saturated carbocycles. The van der Waals surface area contributed by atoms with Gasteiger partial charge in [-0.2, -0.15) is 0 Å². The van der Waals surface area contributed by atoms with Gasteiger partial charge in [0.05, 0.1) is 12.8 Å². The number of ether oxygens (including phenoxy) is 1. The van der Waals surface area contributed by atoms with Crippen LogP contribution in [0.3, 0.4) is 0 Å². The molecule has 2 atom stereocenters. The summed E-state index contributed by atoms with van der Waals surface area (Å²) >= 11 is 0. The smallest absolute Gasteiger partial charge is 0.144 e. The topological polar surface area (TPSA) is 33.3 Å². The van der Waals surface area contributed by atoms with Crippen molar-refractivity contribution in [2.24, 2.45) is 5.92 Å². The van der Waals surface area contributed by atoms with Gasteiger partial charge < -0.3 is 15.4 Å². The van der Waals surface area contributed by atoms with Gasteiger partial charge in [0, 0.05) is 12.6 Å². The van der Waals surface area contributed by atoms with Crippen LogP contribution in [-0.4, -0.2) is 19.7 Å². The summed E-state index contributed by atoms with van der Waals surface area (Å²) in [5.74, 6) is 1.70. The standard InChI is InChI=1S/C13H18N2O/c1-16-12-7-3-6-11-13(12)14-8-9-4-2-5-10(9)15-11/h3,6-7,9-10,14-15H,2,4-5,8H2,1H3. The Hall–Kier alpha value is -1.38. The average molecular weight is 218 g/mol. The third-order valence-corrected chi connectivity index (χ3v) is 3.79. The molecule has 0 saturated heterocycles. The zero-order valence-electron chi connectivity index (χ0n) is 9.62. The molecule has 3 heteroatoms. The number of fused-ring (bicyclic) bond motifs is 2. The third-order valence-electron chi connectivity index (χ3n) is 3.79. The molecule has 0 aromatic heterocycles. The molecule has 0 radical (unpaired) electrons. The molecule has 1 aromatic carbocycles. The highest BCUT2D eigenvalue weighted by molar-refractivity contribution is 5.76. The minimum Gasteiger partial charge on any atom is -0.495 e. The van der Waals surface area contributed by atoms with Crippen LogP contribution in [-0.2, 0) is 0 Å². The molecule has 16 heavy (non-hydrogen) atoms. The van der Waals surface area contributed by atoms with Crippen molar-refractivity contribution in [2.75, 3.05) is 24.3 Å². The molecule has 1 aliphatic heterocycles. The molecular weight excluding hydrogens is 200 g/mol. The quantitative estimate of drug-likeness (QED) is 0.760. The van der Waals surface area contributed by atoms with E-state index in [-0.39, 0.29) is 0 Å². The summed E-state index contributed by atoms with van der Waals surface area (Å²) in [6.45, 7) is 1.06. The summed E-state index contributed by atoms with van der Waals surface area (Å²) in [5.41, 5.74) is 2.31. The van der Waals surface area contributed by atoms with Crippen LogP contribution in [0.15, 0.2) is 18.2 Å². The highest BCUT2D eigenvalue weighted by Gasteiger charge is 2.30. The molecule has 2 N–H and O–H groups in total. The second-order valence-corrected chi connectivity index (χ2v) is 4.71. The first-order valence-electron chi connectivity index (χ1n) is 6.06. The van der Waals surface area contributed by atoms with Gasteiger partial charge in [0.2, 0.25) is 0 Å². The van der Waals surface area contributed by atoms with Crippen molar-refractivity contribution in [1.82, 2.24) is 0 Å². The van der Waals surface area contributed by atoms with Crippen LogP contribution >= 0.6 is 0 Å². The van der Waals surface area contributed by atoms with Crippen molar-refractivity contribution in [1.29, 1.82) is 0 Å². The second kappa shape index (κ2) is 3.89. The molecule has 1 heterocycles. The lowest BCUT2D eigenvalue weighted by Crippen LogP contribution is -2.25. The van der Waals surface area contributed by atoms with Crippen molar-refractivity contribution in [3.05, 3.63) is 18.2 Å². The fourth-order valence-corrected chi connectivity index (χ4v) is 2.91. The predicted octanol–water partition coefficient (Wildman–Crippen LogP) is 2.70. The van der Waals surface area contributed by atoms with Crippen molar-refractivity contribution in [2.45, 2.75) is 25.3 Å². The highest BCUT2D eigenvalue weighted by Crippen LogP contribution is 2.39. The molecule has 1 aliphatic carbocycles. The SMILES string of the molecule is COc1cccc2c1NCC1CCCC1N2. The van der Waals surface area contributed by atoms with E-state index in [4.69, 9.17) is 4.74 Å². The summed E-state index contributed by atoms with van der Waals surface area (Å²) in [5, 5.41) is 7.18. The lowest BCUT2D eigenvalue weighted by Gasteiger charge is -2.17. The number of methoxy groups -OCH3 is 1. The van der Waals surface area contributed by atoms with Gasteiger partial charge in [-0.25, -0.2) is 0 Å². The molecule has 0 spiro atoms. The Morgan fingerprint density at radius 2 is 2.25 bits per heavy atom. The van der Waals surface area contributed by atoms with Crippen molar-refractivity contribution in [3.8, 4) is 5.75 Å². The molecule has 86 valence electrons. The van der Waals surface area contributed by atoms with Crippen LogP contribution in [0.4, 0.5) is 11.4 Å². The maximum absolute atomic E-state index is 5.39. The Bertz CT molecular complexity index is 392. The number of rotatable bonds is 1. The highest BCUT2D eigenvalue weighted by atomic mass is 16.5. The van der Waals surface area contributed by atoms with Crippen molar-refractivity contribution >= 4 is 11.4 Å². The fourth-order valence-electron chi connectivity index (χ4n) is 2.91. The minimum atomic E-state index is 0.640. The number of benzene rings is 1. The van der Waals surface area contributed by atoms with Crippen molar-refractivity contribution < 1.29 is 4.74 Å². The van der Waals surface area contributed by atoms with Gasteiger partial charge >= 0.3 is 0 Å². The van der Waals surface area contributed by atoms with E-state index in [1.54, 1.807) is 7.11 Å². The van der Waals surface area contributed by atoms with Gasteiger partial charge in [0.25, 0.3) is 0 Å². The molecule has 3 rings (SSSR count). The normalized spacial score (nSPS) is 27.1. The number of hydrogen-bond donors (Lipinski definition) is 2.